The maximum absolute atomic E-state index is 14.4. The van der Waals surface area contributed by atoms with Crippen molar-refractivity contribution in [2.24, 2.45) is 18.4 Å². The van der Waals surface area contributed by atoms with Gasteiger partial charge in [0.1, 0.15) is 18.0 Å². The van der Waals surface area contributed by atoms with E-state index in [4.69, 9.17) is 0 Å². The molecule has 2 aromatic rings. The molecule has 1 saturated heterocycles. The molecule has 4 heterocycles. The largest absolute Gasteiger partial charge is 0.418 e. The van der Waals surface area contributed by atoms with Crippen molar-refractivity contribution in [2.75, 3.05) is 24.5 Å². The summed E-state index contributed by atoms with van der Waals surface area (Å²) in [5.41, 5.74) is 2.56. The summed E-state index contributed by atoms with van der Waals surface area (Å²) in [5, 5.41) is 8.54. The zero-order valence-electron chi connectivity index (χ0n) is 23.6. The van der Waals surface area contributed by atoms with Crippen molar-refractivity contribution in [3.05, 3.63) is 89.7 Å². The second-order valence-electron chi connectivity index (χ2n) is 12.6. The van der Waals surface area contributed by atoms with E-state index in [0.29, 0.717) is 29.3 Å². The molecule has 1 spiro atoms. The third-order valence-corrected chi connectivity index (χ3v) is 10.2. The van der Waals surface area contributed by atoms with Gasteiger partial charge in [-0.25, -0.2) is 0 Å². The van der Waals surface area contributed by atoms with Crippen molar-refractivity contribution in [3.8, 4) is 0 Å². The molecular weight excluding hydrogens is 525 g/mol. The summed E-state index contributed by atoms with van der Waals surface area (Å²) >= 11 is 0. The Morgan fingerprint density at radius 2 is 1.83 bits per heavy atom. The minimum atomic E-state index is -4.47. The van der Waals surface area contributed by atoms with Crippen molar-refractivity contribution in [1.29, 1.82) is 0 Å². The Balaban J connectivity index is 1.16. The number of likely N-dealkylation sites (tertiary alicyclic amines) is 1. The van der Waals surface area contributed by atoms with Crippen LogP contribution in [0.15, 0.2) is 78.3 Å². The quantitative estimate of drug-likeness (QED) is 0.386. The van der Waals surface area contributed by atoms with E-state index in [1.54, 1.807) is 22.3 Å². The molecule has 6 nitrogen and oxygen atoms in total. The number of fused-ring (bicyclic) bond motifs is 1. The number of anilines is 1. The van der Waals surface area contributed by atoms with Gasteiger partial charge in [0.15, 0.2) is 0 Å². The lowest BCUT2D eigenvalue weighted by atomic mass is 9.63. The summed E-state index contributed by atoms with van der Waals surface area (Å²) in [5.74, 6) is 1.97. The van der Waals surface area contributed by atoms with Gasteiger partial charge in [-0.3, -0.25) is 4.90 Å². The highest BCUT2D eigenvalue weighted by Crippen LogP contribution is 2.49. The number of halogens is 3. The van der Waals surface area contributed by atoms with E-state index in [9.17, 15) is 13.2 Å². The van der Waals surface area contributed by atoms with Gasteiger partial charge in [-0.05, 0) is 92.3 Å². The van der Waals surface area contributed by atoms with Crippen LogP contribution in [0.5, 0.6) is 0 Å². The first kappa shape index (κ1) is 26.6. The molecule has 3 fully saturated rings. The first-order valence-corrected chi connectivity index (χ1v) is 14.9. The topological polar surface area (TPSA) is 40.4 Å². The Morgan fingerprint density at radius 1 is 1.05 bits per heavy atom. The molecule has 0 N–H and O–H groups in total. The SMILES string of the molecule is C=C1N2C=C(CN3CCC4(CCC4)CC3)C=C(C(F)(F)F)C2=CN1c1cccc(C(c2nncn2C)C2CCC2)c1. The molecule has 9 heteroatoms. The Labute approximate surface area is 239 Å². The van der Waals surface area contributed by atoms with Gasteiger partial charge in [-0.1, -0.05) is 31.6 Å². The summed E-state index contributed by atoms with van der Waals surface area (Å²) in [6, 6.07) is 8.07. The lowest BCUT2D eigenvalue weighted by molar-refractivity contribution is -0.0909. The van der Waals surface area contributed by atoms with Crippen molar-refractivity contribution < 1.29 is 13.2 Å². The van der Waals surface area contributed by atoms with Crippen LogP contribution in [0.4, 0.5) is 18.9 Å². The van der Waals surface area contributed by atoms with E-state index in [-0.39, 0.29) is 11.6 Å². The fourth-order valence-electron chi connectivity index (χ4n) is 7.32. The third-order valence-electron chi connectivity index (χ3n) is 10.2. The Kier molecular flexibility index (Phi) is 6.41. The maximum atomic E-state index is 14.4. The molecule has 1 aromatic carbocycles. The van der Waals surface area contributed by atoms with Gasteiger partial charge in [0.05, 0.1) is 11.3 Å². The van der Waals surface area contributed by atoms with Crippen LogP contribution in [0, 0.1) is 11.3 Å². The number of hydrogen-bond acceptors (Lipinski definition) is 5. The molecule has 1 unspecified atom stereocenters. The van der Waals surface area contributed by atoms with E-state index >= 15 is 0 Å². The second-order valence-corrected chi connectivity index (χ2v) is 12.6. The van der Waals surface area contributed by atoms with Crippen LogP contribution in [-0.2, 0) is 7.05 Å². The minimum Gasteiger partial charge on any atom is -0.320 e. The number of aryl methyl sites for hydroxylation is 1. The summed E-state index contributed by atoms with van der Waals surface area (Å²) in [6.45, 7) is 6.66. The summed E-state index contributed by atoms with van der Waals surface area (Å²) in [7, 11) is 1.96. The van der Waals surface area contributed by atoms with Crippen LogP contribution in [0.2, 0.25) is 0 Å². The van der Waals surface area contributed by atoms with E-state index in [2.05, 4.69) is 33.8 Å². The lowest BCUT2D eigenvalue weighted by Gasteiger charge is -2.48. The van der Waals surface area contributed by atoms with Crippen molar-refractivity contribution in [3.63, 3.8) is 0 Å². The van der Waals surface area contributed by atoms with E-state index < -0.39 is 11.7 Å². The first-order valence-electron chi connectivity index (χ1n) is 14.9. The smallest absolute Gasteiger partial charge is 0.320 e. The summed E-state index contributed by atoms with van der Waals surface area (Å²) in [4.78, 5) is 5.71. The fraction of sp³-hybridized carbons (Fsp3) is 0.500. The van der Waals surface area contributed by atoms with Crippen LogP contribution in [0.3, 0.4) is 0 Å². The van der Waals surface area contributed by atoms with Gasteiger partial charge in [-0.15, -0.1) is 10.2 Å². The van der Waals surface area contributed by atoms with Crippen LogP contribution in [-0.4, -0.2) is 50.4 Å². The normalized spacial score (nSPS) is 23.5. The molecule has 2 aliphatic carbocycles. The zero-order chi connectivity index (χ0) is 28.4. The van der Waals surface area contributed by atoms with Gasteiger partial charge < -0.3 is 14.4 Å². The molecule has 1 atom stereocenters. The van der Waals surface area contributed by atoms with Gasteiger partial charge in [0, 0.05) is 37.6 Å². The van der Waals surface area contributed by atoms with Crippen LogP contribution in [0.25, 0.3) is 0 Å². The number of rotatable bonds is 6. The molecule has 0 amide bonds. The number of aromatic nitrogens is 3. The fourth-order valence-corrected chi connectivity index (χ4v) is 7.32. The van der Waals surface area contributed by atoms with Gasteiger partial charge >= 0.3 is 6.18 Å². The standard InChI is InChI=1S/C32H37F3N6/c1-22-40(26-9-4-8-25(17-26)29(24-6-3-7-24)30-37-36-21-38(30)2)20-28-27(32(33,34)35)16-23(19-41(22)28)18-39-14-12-31(13-15-39)10-5-11-31/h4,8-9,16-17,19-21,24,29H,1,3,5-7,10-15,18H2,2H3. The molecule has 0 radical (unpaired) electrons. The number of hydrogen-bond donors (Lipinski definition) is 0. The van der Waals surface area contributed by atoms with E-state index in [0.717, 1.165) is 55.8 Å². The highest BCUT2D eigenvalue weighted by atomic mass is 19.4. The maximum Gasteiger partial charge on any atom is 0.418 e. The van der Waals surface area contributed by atoms with Gasteiger partial charge in [-0.2, -0.15) is 13.2 Å². The monoisotopic (exact) mass is 562 g/mol. The zero-order valence-corrected chi connectivity index (χ0v) is 23.6. The van der Waals surface area contributed by atoms with Crippen molar-refractivity contribution in [1.82, 2.24) is 24.6 Å². The van der Waals surface area contributed by atoms with Crippen LogP contribution >= 0.6 is 0 Å². The molecule has 3 aliphatic heterocycles. The molecule has 1 aromatic heterocycles. The summed E-state index contributed by atoms with van der Waals surface area (Å²) in [6.07, 6.45) is 11.7. The molecule has 2 saturated carbocycles. The molecular formula is C32H37F3N6. The number of benzene rings is 1. The third kappa shape index (κ3) is 4.72. The van der Waals surface area contributed by atoms with Crippen molar-refractivity contribution in [2.45, 2.75) is 63.5 Å². The highest BCUT2D eigenvalue weighted by molar-refractivity contribution is 5.64. The van der Waals surface area contributed by atoms with Crippen LogP contribution in [0.1, 0.15) is 68.7 Å². The lowest BCUT2D eigenvalue weighted by Crippen LogP contribution is -2.44. The van der Waals surface area contributed by atoms with E-state index in [1.807, 2.05) is 29.9 Å². The molecule has 0 bridgehead atoms. The predicted molar refractivity (Wildman–Crippen MR) is 152 cm³/mol. The molecule has 216 valence electrons. The van der Waals surface area contributed by atoms with Crippen molar-refractivity contribution >= 4 is 5.69 Å². The molecule has 41 heavy (non-hydrogen) atoms. The summed E-state index contributed by atoms with van der Waals surface area (Å²) < 4.78 is 45.2. The number of alkyl halides is 3. The van der Waals surface area contributed by atoms with E-state index in [1.165, 1.54) is 31.8 Å². The van der Waals surface area contributed by atoms with Crippen LogP contribution < -0.4 is 4.90 Å². The Bertz CT molecular complexity index is 1430. The second kappa shape index (κ2) is 9.89. The minimum absolute atomic E-state index is 0.0862. The van der Waals surface area contributed by atoms with Gasteiger partial charge in [0.25, 0.3) is 0 Å². The predicted octanol–water partition coefficient (Wildman–Crippen LogP) is 6.83. The Hall–Kier alpha value is -3.33. The first-order chi connectivity index (χ1) is 19.7. The average Bonchev–Trinajstić information content (AvgIpc) is 3.47. The molecule has 5 aliphatic rings. The molecule has 7 rings (SSSR count). The number of nitrogens with zero attached hydrogens (tertiary/aromatic N) is 6. The highest BCUT2D eigenvalue weighted by Gasteiger charge is 2.44. The number of piperidine rings is 1. The Morgan fingerprint density at radius 3 is 2.44 bits per heavy atom. The number of allylic oxidation sites excluding steroid dienone is 1. The average molecular weight is 563 g/mol. The van der Waals surface area contributed by atoms with Gasteiger partial charge in [0.2, 0.25) is 0 Å².